The van der Waals surface area contributed by atoms with Crippen molar-refractivity contribution in [2.24, 2.45) is 0 Å². The molecule has 10 nitrogen and oxygen atoms in total. The summed E-state index contributed by atoms with van der Waals surface area (Å²) >= 11 is -4.83. The molecule has 0 bridgehead atoms. The van der Waals surface area contributed by atoms with Crippen molar-refractivity contribution in [3.63, 3.8) is 0 Å². The Morgan fingerprint density at radius 2 is 1.77 bits per heavy atom. The van der Waals surface area contributed by atoms with Gasteiger partial charge in [0.15, 0.2) is 0 Å². The van der Waals surface area contributed by atoms with Crippen LogP contribution < -0.4 is 15.4 Å². The van der Waals surface area contributed by atoms with Gasteiger partial charge in [0.25, 0.3) is 10.1 Å². The van der Waals surface area contributed by atoms with Crippen molar-refractivity contribution >= 4 is 45.9 Å². The Bertz CT molecular complexity index is 915. The Balaban J connectivity index is 0.000000273. The van der Waals surface area contributed by atoms with E-state index in [4.69, 9.17) is 15.5 Å². The number of amides is 1. The van der Waals surface area contributed by atoms with Gasteiger partial charge in [0.1, 0.15) is 0 Å². The SMILES string of the molecule is CC(=O)Nc1cccc([As](=O)(O)OO)c1.Nc1ccc(S(=O)(=O)O)cc1. The first-order valence-corrected chi connectivity index (χ1v) is 11.6. The number of carbonyl (C=O) groups excluding carboxylic acids is 1. The van der Waals surface area contributed by atoms with Gasteiger partial charge >= 0.3 is 88.4 Å². The molecule has 6 N–H and O–H groups in total. The monoisotopic (exact) mass is 448 g/mol. The molecule has 142 valence electrons. The van der Waals surface area contributed by atoms with Crippen LogP contribution in [0.1, 0.15) is 6.92 Å². The van der Waals surface area contributed by atoms with Gasteiger partial charge in [0, 0.05) is 5.69 Å². The molecule has 1 unspecified atom stereocenters. The van der Waals surface area contributed by atoms with Gasteiger partial charge in [-0.2, -0.15) is 8.42 Å². The molecule has 2 rings (SSSR count). The Kier molecular flexibility index (Phi) is 7.57. The molecule has 0 fully saturated rings. The van der Waals surface area contributed by atoms with Crippen LogP contribution in [0, 0.1) is 0 Å². The molecule has 0 saturated heterocycles. The fourth-order valence-corrected chi connectivity index (χ4v) is 3.54. The predicted molar refractivity (Wildman–Crippen MR) is 93.4 cm³/mol. The summed E-state index contributed by atoms with van der Waals surface area (Å²) in [6.07, 6.45) is 0. The fourth-order valence-electron chi connectivity index (χ4n) is 1.65. The zero-order valence-electron chi connectivity index (χ0n) is 13.4. The van der Waals surface area contributed by atoms with Crippen LogP contribution in [0.5, 0.6) is 0 Å². The topological polar surface area (TPSA) is 176 Å². The minimum atomic E-state index is -4.83. The van der Waals surface area contributed by atoms with Crippen molar-refractivity contribution in [3.8, 4) is 0 Å². The summed E-state index contributed by atoms with van der Waals surface area (Å²) < 4.78 is 53.4. The van der Waals surface area contributed by atoms with Crippen molar-refractivity contribution in [1.29, 1.82) is 0 Å². The second kappa shape index (κ2) is 8.99. The first kappa shape index (κ1) is 21.9. The van der Waals surface area contributed by atoms with Crippen molar-refractivity contribution in [2.45, 2.75) is 11.8 Å². The van der Waals surface area contributed by atoms with Gasteiger partial charge in [-0.05, 0) is 24.3 Å². The summed E-state index contributed by atoms with van der Waals surface area (Å²) in [5.41, 5.74) is 6.12. The zero-order chi connectivity index (χ0) is 20.0. The molecular weight excluding hydrogens is 431 g/mol. The molecule has 0 aliphatic carbocycles. The maximum atomic E-state index is 11.3. The third-order valence-corrected chi connectivity index (χ3v) is 6.07. The second-order valence-electron chi connectivity index (χ2n) is 4.88. The average Bonchev–Trinajstić information content (AvgIpc) is 2.54. The van der Waals surface area contributed by atoms with Gasteiger partial charge in [0.2, 0.25) is 0 Å². The predicted octanol–water partition coefficient (Wildman–Crippen LogP) is 0.219. The zero-order valence-corrected chi connectivity index (χ0v) is 16.1. The van der Waals surface area contributed by atoms with Crippen LogP contribution in [0.3, 0.4) is 0 Å². The minimum absolute atomic E-state index is 0.0399. The molecule has 0 aromatic heterocycles. The molecule has 2 aromatic rings. The number of anilines is 2. The van der Waals surface area contributed by atoms with E-state index in [0.29, 0.717) is 11.4 Å². The summed E-state index contributed by atoms with van der Waals surface area (Å²) in [6.45, 7) is 1.32. The molecule has 1 atom stereocenters. The number of benzene rings is 2. The summed E-state index contributed by atoms with van der Waals surface area (Å²) in [6, 6.07) is 10.9. The number of hydrogen-bond acceptors (Lipinski definition) is 7. The minimum Gasteiger partial charge on any atom is -0.399 e. The molecule has 26 heavy (non-hydrogen) atoms. The van der Waals surface area contributed by atoms with Crippen molar-refractivity contribution in [2.75, 3.05) is 11.1 Å². The third-order valence-electron chi connectivity index (χ3n) is 2.78. The normalized spacial score (nSPS) is 13.1. The molecule has 12 heteroatoms. The van der Waals surface area contributed by atoms with Gasteiger partial charge in [0.05, 0.1) is 4.90 Å². The van der Waals surface area contributed by atoms with E-state index in [1.165, 1.54) is 49.4 Å². The van der Waals surface area contributed by atoms with Crippen LogP contribution in [0.4, 0.5) is 11.4 Å². The van der Waals surface area contributed by atoms with Crippen molar-refractivity contribution in [1.82, 2.24) is 0 Å². The summed E-state index contributed by atoms with van der Waals surface area (Å²) in [5, 5.41) is 10.7. The van der Waals surface area contributed by atoms with E-state index < -0.39 is 24.3 Å². The summed E-state index contributed by atoms with van der Waals surface area (Å²) in [7, 11) is -4.08. The van der Waals surface area contributed by atoms with Crippen LogP contribution in [-0.2, 0) is 22.5 Å². The Labute approximate surface area is 152 Å². The number of nitrogens with one attached hydrogen (secondary N) is 1. The van der Waals surface area contributed by atoms with Gasteiger partial charge in [-0.25, -0.2) is 0 Å². The van der Waals surface area contributed by atoms with Crippen molar-refractivity contribution < 1.29 is 34.7 Å². The smallest absolute Gasteiger partial charge is 0.294 e. The fraction of sp³-hybridized carbons (Fsp3) is 0.0714. The summed E-state index contributed by atoms with van der Waals surface area (Å²) in [5.74, 6) is -0.294. The van der Waals surface area contributed by atoms with E-state index in [0.717, 1.165) is 0 Å². The molecular formula is C14H17AsN2O8S. The standard InChI is InChI=1S/C8H10AsNO5.C6H7NO3S/c1-6(11)10-8-4-2-3-7(5-8)9(12,13)15-14;7-5-1-3-6(4-2-5)11(8,9)10/h2-5,14H,1H3,(H,10,11)(H,12,13);1-4H,7H2,(H,8,9,10). The van der Waals surface area contributed by atoms with Crippen molar-refractivity contribution in [3.05, 3.63) is 48.5 Å². The van der Waals surface area contributed by atoms with Crippen LogP contribution in [-0.4, -0.2) is 42.4 Å². The van der Waals surface area contributed by atoms with Gasteiger partial charge in [-0.1, -0.05) is 0 Å². The van der Waals surface area contributed by atoms with Crippen LogP contribution >= 0.6 is 0 Å². The van der Waals surface area contributed by atoms with E-state index in [1.54, 1.807) is 6.07 Å². The van der Waals surface area contributed by atoms with Crippen LogP contribution in [0.25, 0.3) is 0 Å². The van der Waals surface area contributed by atoms with Gasteiger partial charge < -0.3 is 5.73 Å². The largest absolute Gasteiger partial charge is 0.399 e. The molecule has 0 saturated carbocycles. The second-order valence-corrected chi connectivity index (χ2v) is 9.91. The van der Waals surface area contributed by atoms with E-state index in [1.807, 2.05) is 0 Å². The van der Waals surface area contributed by atoms with Crippen LogP contribution in [0.15, 0.2) is 53.4 Å². The number of hydrogen-bond donors (Lipinski definition) is 5. The molecule has 0 aliphatic heterocycles. The molecule has 0 aliphatic rings. The number of nitrogens with two attached hydrogens (primary N) is 1. The quantitative estimate of drug-likeness (QED) is 0.144. The number of rotatable bonds is 4. The first-order chi connectivity index (χ1) is 12.0. The molecule has 0 radical (unpaired) electrons. The molecule has 0 heterocycles. The average molecular weight is 448 g/mol. The van der Waals surface area contributed by atoms with E-state index in [2.05, 4.69) is 9.19 Å². The first-order valence-electron chi connectivity index (χ1n) is 6.83. The molecule has 0 spiro atoms. The van der Waals surface area contributed by atoms with Gasteiger partial charge in [-0.3, -0.25) is 4.55 Å². The van der Waals surface area contributed by atoms with E-state index in [-0.39, 0.29) is 15.2 Å². The maximum absolute atomic E-state index is 11.3. The molecule has 1 amide bonds. The van der Waals surface area contributed by atoms with Gasteiger partial charge in [-0.15, -0.1) is 0 Å². The van der Waals surface area contributed by atoms with E-state index >= 15 is 0 Å². The van der Waals surface area contributed by atoms with Crippen LogP contribution in [0.2, 0.25) is 0 Å². The third kappa shape index (κ3) is 7.00. The summed E-state index contributed by atoms with van der Waals surface area (Å²) in [4.78, 5) is 10.6. The Morgan fingerprint density at radius 1 is 1.19 bits per heavy atom. The number of carbonyl (C=O) groups is 1. The maximum Gasteiger partial charge on any atom is 0.294 e. The van der Waals surface area contributed by atoms with E-state index in [9.17, 15) is 21.0 Å². The Hall–Kier alpha value is -2.14. The molecule has 2 aromatic carbocycles. The Morgan fingerprint density at radius 3 is 2.23 bits per heavy atom. The number of nitrogen functional groups attached to an aromatic ring is 1.